The van der Waals surface area contributed by atoms with Crippen molar-refractivity contribution in [1.29, 1.82) is 0 Å². The van der Waals surface area contributed by atoms with E-state index >= 15 is 0 Å². The van der Waals surface area contributed by atoms with Crippen LogP contribution in [0.5, 0.6) is 0 Å². The van der Waals surface area contributed by atoms with Crippen molar-refractivity contribution in [3.05, 3.63) is 52.8 Å². The lowest BCUT2D eigenvalue weighted by Gasteiger charge is -2.12. The Morgan fingerprint density at radius 2 is 2.05 bits per heavy atom. The number of carbonyl (C=O) groups excluding carboxylic acids is 2. The van der Waals surface area contributed by atoms with Crippen molar-refractivity contribution in [2.24, 2.45) is 0 Å². The standard InChI is InChI=1S/C14H10ClF3N2O2/c15-11-4-3-9(14(16,17)18)6-12(11)19-13(22)7-20-5-1-2-10(20)8-21/h1-6,8H,7H2,(H,19,22). The van der Waals surface area contributed by atoms with E-state index in [-0.39, 0.29) is 22.9 Å². The van der Waals surface area contributed by atoms with Crippen LogP contribution in [0.2, 0.25) is 5.02 Å². The fourth-order valence-electron chi connectivity index (χ4n) is 1.82. The van der Waals surface area contributed by atoms with E-state index < -0.39 is 17.6 Å². The fourth-order valence-corrected chi connectivity index (χ4v) is 1.98. The Morgan fingerprint density at radius 3 is 2.68 bits per heavy atom. The first-order valence-corrected chi connectivity index (χ1v) is 6.46. The molecule has 1 heterocycles. The summed E-state index contributed by atoms with van der Waals surface area (Å²) in [6.45, 7) is -0.215. The molecule has 0 aliphatic carbocycles. The zero-order valence-electron chi connectivity index (χ0n) is 11.0. The van der Waals surface area contributed by atoms with Gasteiger partial charge in [-0.2, -0.15) is 13.2 Å². The minimum atomic E-state index is -4.53. The number of aldehydes is 1. The highest BCUT2D eigenvalue weighted by Gasteiger charge is 2.31. The normalized spacial score (nSPS) is 11.3. The molecule has 0 atom stereocenters. The summed E-state index contributed by atoms with van der Waals surface area (Å²) in [4.78, 5) is 22.6. The van der Waals surface area contributed by atoms with Gasteiger partial charge in [0.2, 0.25) is 5.91 Å². The molecule has 0 spiro atoms. The number of hydrogen-bond donors (Lipinski definition) is 1. The summed E-state index contributed by atoms with van der Waals surface area (Å²) in [5, 5.41) is 2.29. The zero-order chi connectivity index (χ0) is 16.3. The van der Waals surface area contributed by atoms with Crippen molar-refractivity contribution in [1.82, 2.24) is 4.57 Å². The van der Waals surface area contributed by atoms with Gasteiger partial charge in [0.25, 0.3) is 0 Å². The summed E-state index contributed by atoms with van der Waals surface area (Å²) in [6, 6.07) is 5.74. The number of aromatic nitrogens is 1. The molecule has 0 saturated carbocycles. The van der Waals surface area contributed by atoms with Gasteiger partial charge in [-0.15, -0.1) is 0 Å². The number of alkyl halides is 3. The van der Waals surface area contributed by atoms with Crippen molar-refractivity contribution in [2.45, 2.75) is 12.7 Å². The monoisotopic (exact) mass is 330 g/mol. The van der Waals surface area contributed by atoms with Crippen molar-refractivity contribution in [2.75, 3.05) is 5.32 Å². The minimum Gasteiger partial charge on any atom is -0.336 e. The Hall–Kier alpha value is -2.28. The van der Waals surface area contributed by atoms with Crippen LogP contribution in [0.1, 0.15) is 16.1 Å². The molecule has 0 radical (unpaired) electrons. The largest absolute Gasteiger partial charge is 0.416 e. The third kappa shape index (κ3) is 3.67. The molecule has 2 rings (SSSR count). The summed E-state index contributed by atoms with van der Waals surface area (Å²) in [7, 11) is 0. The smallest absolute Gasteiger partial charge is 0.336 e. The van der Waals surface area contributed by atoms with Gasteiger partial charge in [-0.25, -0.2) is 0 Å². The van der Waals surface area contributed by atoms with Gasteiger partial charge in [0.15, 0.2) is 6.29 Å². The van der Waals surface area contributed by atoms with Crippen LogP contribution in [0.15, 0.2) is 36.5 Å². The van der Waals surface area contributed by atoms with Crippen molar-refractivity contribution in [3.63, 3.8) is 0 Å². The Morgan fingerprint density at radius 1 is 1.32 bits per heavy atom. The van der Waals surface area contributed by atoms with Crippen LogP contribution in [0.25, 0.3) is 0 Å². The number of benzene rings is 1. The second kappa shape index (κ2) is 6.23. The lowest BCUT2D eigenvalue weighted by Crippen LogP contribution is -2.20. The first-order valence-electron chi connectivity index (χ1n) is 6.08. The maximum absolute atomic E-state index is 12.6. The fraction of sp³-hybridized carbons (Fsp3) is 0.143. The van der Waals surface area contributed by atoms with E-state index in [1.807, 2.05) is 0 Å². The summed E-state index contributed by atoms with van der Waals surface area (Å²) < 4.78 is 39.3. The van der Waals surface area contributed by atoms with Gasteiger partial charge >= 0.3 is 6.18 Å². The Labute approximate surface area is 128 Å². The molecule has 2 aromatic rings. The average Bonchev–Trinajstić information content (AvgIpc) is 2.87. The maximum atomic E-state index is 12.6. The lowest BCUT2D eigenvalue weighted by molar-refractivity contribution is -0.137. The summed E-state index contributed by atoms with van der Waals surface area (Å²) in [6.07, 6.45) is -2.45. The van der Waals surface area contributed by atoms with Crippen LogP contribution in [0, 0.1) is 0 Å². The van der Waals surface area contributed by atoms with Gasteiger partial charge in [-0.3, -0.25) is 9.59 Å². The summed E-state index contributed by atoms with van der Waals surface area (Å²) >= 11 is 5.79. The van der Waals surface area contributed by atoms with Crippen LogP contribution in [-0.2, 0) is 17.5 Å². The van der Waals surface area contributed by atoms with E-state index in [0.717, 1.165) is 18.2 Å². The van der Waals surface area contributed by atoms with Crippen LogP contribution in [0.4, 0.5) is 18.9 Å². The molecule has 1 N–H and O–H groups in total. The van der Waals surface area contributed by atoms with E-state index in [4.69, 9.17) is 11.6 Å². The Kier molecular flexibility index (Phi) is 4.56. The SMILES string of the molecule is O=Cc1cccn1CC(=O)Nc1cc(C(F)(F)F)ccc1Cl. The van der Waals surface area contributed by atoms with Crippen LogP contribution < -0.4 is 5.32 Å². The molecule has 1 aromatic carbocycles. The van der Waals surface area contributed by atoms with Gasteiger partial charge in [0.1, 0.15) is 6.54 Å². The number of halogens is 4. The molecule has 4 nitrogen and oxygen atoms in total. The predicted octanol–water partition coefficient (Wildman–Crippen LogP) is 3.61. The van der Waals surface area contributed by atoms with E-state index in [9.17, 15) is 22.8 Å². The van der Waals surface area contributed by atoms with Gasteiger partial charge in [0.05, 0.1) is 22.0 Å². The molecule has 0 saturated heterocycles. The van der Waals surface area contributed by atoms with E-state index in [1.54, 1.807) is 6.07 Å². The van der Waals surface area contributed by atoms with Crippen molar-refractivity contribution in [3.8, 4) is 0 Å². The van der Waals surface area contributed by atoms with Crippen LogP contribution >= 0.6 is 11.6 Å². The number of rotatable bonds is 4. The van der Waals surface area contributed by atoms with Gasteiger partial charge in [-0.05, 0) is 30.3 Å². The summed E-state index contributed by atoms with van der Waals surface area (Å²) in [5.41, 5.74) is -0.770. The highest BCUT2D eigenvalue weighted by Crippen LogP contribution is 2.33. The maximum Gasteiger partial charge on any atom is 0.416 e. The first kappa shape index (κ1) is 16.1. The van der Waals surface area contributed by atoms with E-state index in [0.29, 0.717) is 6.29 Å². The van der Waals surface area contributed by atoms with Gasteiger partial charge in [-0.1, -0.05) is 11.6 Å². The quantitative estimate of drug-likeness (QED) is 0.871. The molecule has 1 amide bonds. The molecule has 116 valence electrons. The van der Waals surface area contributed by atoms with Crippen LogP contribution in [-0.4, -0.2) is 16.8 Å². The third-order valence-corrected chi connectivity index (χ3v) is 3.20. The molecular weight excluding hydrogens is 321 g/mol. The Bertz CT molecular complexity index is 710. The highest BCUT2D eigenvalue weighted by atomic mass is 35.5. The molecule has 0 unspecified atom stereocenters. The molecule has 0 aliphatic heterocycles. The van der Waals surface area contributed by atoms with E-state index in [1.165, 1.54) is 16.8 Å². The minimum absolute atomic E-state index is 0.00975. The molecule has 1 aromatic heterocycles. The van der Waals surface area contributed by atoms with Gasteiger partial charge < -0.3 is 9.88 Å². The second-order valence-corrected chi connectivity index (χ2v) is 4.83. The molecule has 8 heteroatoms. The average molecular weight is 331 g/mol. The number of amides is 1. The number of nitrogens with zero attached hydrogens (tertiary/aromatic N) is 1. The van der Waals surface area contributed by atoms with Crippen molar-refractivity contribution >= 4 is 29.5 Å². The number of nitrogens with one attached hydrogen (secondary N) is 1. The first-order chi connectivity index (χ1) is 10.3. The molecular formula is C14H10ClF3N2O2. The number of anilines is 1. The molecule has 0 aliphatic rings. The molecule has 0 fully saturated rings. The topological polar surface area (TPSA) is 51.1 Å². The third-order valence-electron chi connectivity index (χ3n) is 2.87. The molecule has 0 bridgehead atoms. The van der Waals surface area contributed by atoms with Gasteiger partial charge in [0, 0.05) is 6.20 Å². The second-order valence-electron chi connectivity index (χ2n) is 4.42. The summed E-state index contributed by atoms with van der Waals surface area (Å²) in [5.74, 6) is -0.597. The number of hydrogen-bond acceptors (Lipinski definition) is 2. The highest BCUT2D eigenvalue weighted by molar-refractivity contribution is 6.33. The predicted molar refractivity (Wildman–Crippen MR) is 74.9 cm³/mol. The van der Waals surface area contributed by atoms with E-state index in [2.05, 4.69) is 5.32 Å². The number of carbonyl (C=O) groups is 2. The molecule has 22 heavy (non-hydrogen) atoms. The zero-order valence-corrected chi connectivity index (χ0v) is 11.8. The van der Waals surface area contributed by atoms with Crippen molar-refractivity contribution < 1.29 is 22.8 Å². The van der Waals surface area contributed by atoms with Crippen LogP contribution in [0.3, 0.4) is 0 Å². The Balaban J connectivity index is 2.16. The lowest BCUT2D eigenvalue weighted by atomic mass is 10.2.